The van der Waals surface area contributed by atoms with Crippen molar-refractivity contribution < 1.29 is 38.1 Å². The van der Waals surface area contributed by atoms with Gasteiger partial charge in [-0.2, -0.15) is 0 Å². The van der Waals surface area contributed by atoms with E-state index in [-0.39, 0.29) is 22.5 Å². The van der Waals surface area contributed by atoms with Crippen LogP contribution in [0.4, 0.5) is 0 Å². The normalized spacial score (nSPS) is 12.1. The van der Waals surface area contributed by atoms with Gasteiger partial charge in [-0.05, 0) is 78.6 Å². The molecule has 0 heterocycles. The van der Waals surface area contributed by atoms with Crippen LogP contribution in [0.5, 0.6) is 17.2 Å². The largest absolute Gasteiger partial charge is 0.494 e. The van der Waals surface area contributed by atoms with Crippen LogP contribution in [0.3, 0.4) is 0 Å². The lowest BCUT2D eigenvalue weighted by atomic mass is 9.55. The Morgan fingerprint density at radius 2 is 1.26 bits per heavy atom. The summed E-state index contributed by atoms with van der Waals surface area (Å²) in [6, 6.07) is 11.8. The third-order valence-electron chi connectivity index (χ3n) is 8.79. The van der Waals surface area contributed by atoms with Crippen molar-refractivity contribution in [3.8, 4) is 17.2 Å². The zero-order chi connectivity index (χ0) is 34.4. The third kappa shape index (κ3) is 11.2. The fourth-order valence-electron chi connectivity index (χ4n) is 5.28. The van der Waals surface area contributed by atoms with Gasteiger partial charge in [-0.3, -0.25) is 4.79 Å². The van der Waals surface area contributed by atoms with E-state index in [2.05, 4.69) is 46.3 Å². The lowest BCUT2D eigenvalue weighted by molar-refractivity contribution is -0.173. The molecular formula is C38H54O8. The van der Waals surface area contributed by atoms with Crippen molar-refractivity contribution in [3.63, 3.8) is 0 Å². The summed E-state index contributed by atoms with van der Waals surface area (Å²) in [5, 5.41) is 0. The number of unbranched alkanes of at least 4 members (excludes halogenated alkanes) is 6. The zero-order valence-corrected chi connectivity index (χ0v) is 29.3. The van der Waals surface area contributed by atoms with E-state index >= 15 is 0 Å². The van der Waals surface area contributed by atoms with Gasteiger partial charge in [-0.15, -0.1) is 0 Å². The van der Waals surface area contributed by atoms with Gasteiger partial charge in [0.25, 0.3) is 0 Å². The maximum absolute atomic E-state index is 13.0. The van der Waals surface area contributed by atoms with Crippen LogP contribution < -0.4 is 14.2 Å². The van der Waals surface area contributed by atoms with Crippen LogP contribution >= 0.6 is 0 Å². The van der Waals surface area contributed by atoms with Gasteiger partial charge in [0.15, 0.2) is 11.5 Å². The Hall–Kier alpha value is -3.81. The Morgan fingerprint density at radius 1 is 0.696 bits per heavy atom. The number of ether oxygens (including phenoxy) is 5. The molecule has 46 heavy (non-hydrogen) atoms. The molecule has 0 aliphatic carbocycles. The van der Waals surface area contributed by atoms with Crippen molar-refractivity contribution in [1.29, 1.82) is 0 Å². The number of benzene rings is 2. The molecule has 0 fully saturated rings. The van der Waals surface area contributed by atoms with Gasteiger partial charge in [0, 0.05) is 6.08 Å². The van der Waals surface area contributed by atoms with Crippen molar-refractivity contribution in [2.24, 2.45) is 16.2 Å². The van der Waals surface area contributed by atoms with Crippen LogP contribution in [0.2, 0.25) is 0 Å². The van der Waals surface area contributed by atoms with E-state index in [0.29, 0.717) is 35.8 Å². The second-order valence-corrected chi connectivity index (χ2v) is 13.8. The first-order chi connectivity index (χ1) is 21.6. The average Bonchev–Trinajstić information content (AvgIpc) is 3.01. The van der Waals surface area contributed by atoms with Gasteiger partial charge in [-0.1, -0.05) is 79.7 Å². The summed E-state index contributed by atoms with van der Waals surface area (Å²) >= 11 is 0. The van der Waals surface area contributed by atoms with Gasteiger partial charge in [0.2, 0.25) is 0 Å². The van der Waals surface area contributed by atoms with E-state index in [4.69, 9.17) is 18.9 Å². The van der Waals surface area contributed by atoms with Crippen LogP contribution in [0.15, 0.2) is 48.5 Å². The van der Waals surface area contributed by atoms with E-state index < -0.39 is 17.4 Å². The molecular weight excluding hydrogens is 584 g/mol. The van der Waals surface area contributed by atoms with E-state index in [0.717, 1.165) is 44.9 Å². The fourth-order valence-corrected chi connectivity index (χ4v) is 5.28. The minimum absolute atomic E-state index is 0.0996. The Bertz CT molecular complexity index is 1280. The third-order valence-corrected chi connectivity index (χ3v) is 8.79. The second kappa shape index (κ2) is 17.8. The molecule has 0 aliphatic rings. The van der Waals surface area contributed by atoms with Crippen LogP contribution in [-0.4, -0.2) is 45.3 Å². The van der Waals surface area contributed by atoms with E-state index in [1.807, 2.05) is 6.92 Å². The summed E-state index contributed by atoms with van der Waals surface area (Å²) in [5.74, 6) is 0.237. The predicted molar refractivity (Wildman–Crippen MR) is 181 cm³/mol. The molecule has 0 N–H and O–H groups in total. The van der Waals surface area contributed by atoms with Gasteiger partial charge in [-0.25, -0.2) is 9.59 Å². The van der Waals surface area contributed by atoms with Crippen molar-refractivity contribution in [1.82, 2.24) is 0 Å². The molecule has 0 saturated carbocycles. The van der Waals surface area contributed by atoms with Crippen molar-refractivity contribution >= 4 is 24.0 Å². The lowest BCUT2D eigenvalue weighted by Gasteiger charge is -2.48. The van der Waals surface area contributed by atoms with Crippen molar-refractivity contribution in [2.45, 2.75) is 93.4 Å². The maximum Gasteiger partial charge on any atom is 0.343 e. The highest BCUT2D eigenvalue weighted by molar-refractivity contribution is 5.91. The molecule has 2 aromatic carbocycles. The van der Waals surface area contributed by atoms with E-state index in [1.54, 1.807) is 48.5 Å². The van der Waals surface area contributed by atoms with Gasteiger partial charge in [0.1, 0.15) is 5.75 Å². The first kappa shape index (κ1) is 38.4. The zero-order valence-electron chi connectivity index (χ0n) is 29.3. The molecule has 2 aromatic rings. The summed E-state index contributed by atoms with van der Waals surface area (Å²) in [5.41, 5.74) is 0.130. The minimum atomic E-state index is -0.563. The predicted octanol–water partition coefficient (Wildman–Crippen LogP) is 8.85. The first-order valence-corrected chi connectivity index (χ1v) is 16.2. The smallest absolute Gasteiger partial charge is 0.343 e. The number of esters is 3. The quantitative estimate of drug-likeness (QED) is 0.0734. The first-order valence-electron chi connectivity index (χ1n) is 16.2. The fraction of sp³-hybridized carbons (Fsp3) is 0.553. The van der Waals surface area contributed by atoms with E-state index in [9.17, 15) is 14.4 Å². The summed E-state index contributed by atoms with van der Waals surface area (Å²) in [4.78, 5) is 37.0. The Balaban J connectivity index is 1.65. The maximum atomic E-state index is 13.0. The molecule has 8 heteroatoms. The van der Waals surface area contributed by atoms with Crippen LogP contribution in [0.25, 0.3) is 6.08 Å². The van der Waals surface area contributed by atoms with Crippen LogP contribution in [0.1, 0.15) is 109 Å². The highest BCUT2D eigenvalue weighted by Gasteiger charge is 2.53. The van der Waals surface area contributed by atoms with Crippen molar-refractivity contribution in [3.05, 3.63) is 59.7 Å². The molecule has 8 nitrogen and oxygen atoms in total. The Labute approximate surface area is 275 Å². The Kier molecular flexibility index (Phi) is 14.8. The van der Waals surface area contributed by atoms with Crippen LogP contribution in [-0.2, 0) is 19.1 Å². The van der Waals surface area contributed by atoms with Crippen LogP contribution in [0, 0.1) is 16.2 Å². The molecule has 0 atom stereocenters. The average molecular weight is 639 g/mol. The number of carbonyl (C=O) groups excluding carboxylic acids is 3. The van der Waals surface area contributed by atoms with Gasteiger partial charge < -0.3 is 23.7 Å². The van der Waals surface area contributed by atoms with Gasteiger partial charge >= 0.3 is 17.9 Å². The molecule has 254 valence electrons. The number of rotatable bonds is 17. The lowest BCUT2D eigenvalue weighted by Crippen LogP contribution is -2.50. The summed E-state index contributed by atoms with van der Waals surface area (Å²) < 4.78 is 27.1. The molecule has 0 radical (unpaired) electrons. The Morgan fingerprint density at radius 3 is 1.80 bits per heavy atom. The van der Waals surface area contributed by atoms with E-state index in [1.165, 1.54) is 20.3 Å². The molecule has 0 amide bonds. The molecule has 0 spiro atoms. The summed E-state index contributed by atoms with van der Waals surface area (Å²) in [6.07, 6.45) is 10.2. The summed E-state index contributed by atoms with van der Waals surface area (Å²) in [7, 11) is 2.78. The van der Waals surface area contributed by atoms with Gasteiger partial charge in [0.05, 0.1) is 38.4 Å². The monoisotopic (exact) mass is 638 g/mol. The summed E-state index contributed by atoms with van der Waals surface area (Å²) in [6.45, 7) is 15.8. The number of hydrogen-bond acceptors (Lipinski definition) is 8. The second-order valence-electron chi connectivity index (χ2n) is 13.8. The molecule has 0 saturated heterocycles. The highest BCUT2D eigenvalue weighted by atomic mass is 16.6. The number of carbonyl (C=O) groups is 3. The number of methoxy groups -OCH3 is 2. The molecule has 0 unspecified atom stereocenters. The molecule has 0 bridgehead atoms. The molecule has 2 rings (SSSR count). The molecule has 0 aliphatic heterocycles. The standard InChI is InChI=1S/C38H54O8/c1-36(2,3)38(7,37(4,5)6)35(41)45-26-16-14-12-10-11-13-15-25-44-30-21-19-29(20-22-30)34(40)46-31-23-17-28(27-32(31)42-8)18-24-33(39)43-9/h17-24,27H,10-16,25-26H2,1-9H3/b24-18+. The highest BCUT2D eigenvalue weighted by Crippen LogP contribution is 2.52. The molecule has 0 aromatic heterocycles. The SMILES string of the molecule is COC(=O)/C=C/c1ccc(OC(=O)c2ccc(OCCCCCCCCCOC(=O)C(C)(C(C)(C)C)C(C)(C)C)cc2)c(OC)c1. The number of hydrogen-bond donors (Lipinski definition) is 0. The topological polar surface area (TPSA) is 97.4 Å². The van der Waals surface area contributed by atoms with Crippen molar-refractivity contribution in [2.75, 3.05) is 27.4 Å². The minimum Gasteiger partial charge on any atom is -0.494 e.